The summed E-state index contributed by atoms with van der Waals surface area (Å²) in [4.78, 5) is 0. The number of phenols is 1. The Balaban J connectivity index is 2.61. The summed E-state index contributed by atoms with van der Waals surface area (Å²) in [5.41, 5.74) is 0.788. The Hall–Kier alpha value is -0.640. The molecule has 90 valence electrons. The van der Waals surface area contributed by atoms with E-state index in [9.17, 15) is 5.11 Å². The number of ether oxygens (including phenoxy) is 1. The van der Waals surface area contributed by atoms with Crippen LogP contribution in [0.5, 0.6) is 5.75 Å². The van der Waals surface area contributed by atoms with Gasteiger partial charge < -0.3 is 15.2 Å². The zero-order valence-electron chi connectivity index (χ0n) is 9.26. The summed E-state index contributed by atoms with van der Waals surface area (Å²) in [7, 11) is 1.67. The van der Waals surface area contributed by atoms with E-state index in [0.29, 0.717) is 12.5 Å². The number of hydrogen-bond donors (Lipinski definition) is 2. The van der Waals surface area contributed by atoms with Crippen molar-refractivity contribution >= 4 is 28.9 Å². The molecule has 1 aromatic carbocycles. The van der Waals surface area contributed by atoms with Gasteiger partial charge in [-0.25, -0.2) is 0 Å². The van der Waals surface area contributed by atoms with Crippen molar-refractivity contribution in [2.45, 2.75) is 6.92 Å². The van der Waals surface area contributed by atoms with Crippen molar-refractivity contribution in [1.82, 2.24) is 0 Å². The lowest BCUT2D eigenvalue weighted by Gasteiger charge is -2.13. The third-order valence-electron chi connectivity index (χ3n) is 2.12. The number of methoxy groups -OCH3 is 1. The number of benzene rings is 1. The molecule has 0 amide bonds. The Morgan fingerprint density at radius 1 is 1.38 bits per heavy atom. The van der Waals surface area contributed by atoms with Crippen molar-refractivity contribution in [1.29, 1.82) is 0 Å². The van der Waals surface area contributed by atoms with Crippen molar-refractivity contribution < 1.29 is 9.84 Å². The third-order valence-corrected chi connectivity index (χ3v) is 2.70. The summed E-state index contributed by atoms with van der Waals surface area (Å²) in [6.07, 6.45) is 0. The lowest BCUT2D eigenvalue weighted by atomic mass is 10.2. The highest BCUT2D eigenvalue weighted by atomic mass is 35.5. The average molecular weight is 264 g/mol. The van der Waals surface area contributed by atoms with E-state index in [-0.39, 0.29) is 15.8 Å². The van der Waals surface area contributed by atoms with Crippen molar-refractivity contribution in [2.75, 3.05) is 25.6 Å². The summed E-state index contributed by atoms with van der Waals surface area (Å²) >= 11 is 11.6. The van der Waals surface area contributed by atoms with Gasteiger partial charge in [-0.15, -0.1) is 0 Å². The van der Waals surface area contributed by atoms with Crippen molar-refractivity contribution in [2.24, 2.45) is 5.92 Å². The van der Waals surface area contributed by atoms with Crippen LogP contribution in [-0.2, 0) is 4.74 Å². The van der Waals surface area contributed by atoms with Crippen molar-refractivity contribution in [3.63, 3.8) is 0 Å². The van der Waals surface area contributed by atoms with E-state index in [2.05, 4.69) is 12.2 Å². The van der Waals surface area contributed by atoms with Gasteiger partial charge in [-0.3, -0.25) is 0 Å². The largest absolute Gasteiger partial charge is 0.505 e. The molecule has 0 aliphatic heterocycles. The van der Waals surface area contributed by atoms with Crippen LogP contribution in [0, 0.1) is 5.92 Å². The van der Waals surface area contributed by atoms with Gasteiger partial charge in [-0.05, 0) is 18.1 Å². The second-order valence-electron chi connectivity index (χ2n) is 3.73. The number of rotatable bonds is 5. The summed E-state index contributed by atoms with van der Waals surface area (Å²) < 4.78 is 5.03. The van der Waals surface area contributed by atoms with Gasteiger partial charge in [-0.1, -0.05) is 30.1 Å². The molecule has 0 spiro atoms. The predicted molar refractivity (Wildman–Crippen MR) is 67.7 cm³/mol. The van der Waals surface area contributed by atoms with Crippen LogP contribution >= 0.6 is 23.2 Å². The highest BCUT2D eigenvalue weighted by Crippen LogP contribution is 2.34. The molecule has 2 N–H and O–H groups in total. The standard InChI is InChI=1S/C11H15Cl2NO2/c1-7(6-16-2)5-14-8-3-9(12)11(15)10(13)4-8/h3-4,7,14-15H,5-6H2,1-2H3. The molecule has 1 rings (SSSR count). The van der Waals surface area contributed by atoms with Crippen LogP contribution in [0.15, 0.2) is 12.1 Å². The molecule has 0 saturated heterocycles. The zero-order chi connectivity index (χ0) is 12.1. The molecule has 0 heterocycles. The Kier molecular flexibility index (Phi) is 5.19. The predicted octanol–water partition coefficient (Wildman–Crippen LogP) is 3.39. The molecule has 1 atom stereocenters. The van der Waals surface area contributed by atoms with Crippen LogP contribution in [0.1, 0.15) is 6.92 Å². The highest BCUT2D eigenvalue weighted by molar-refractivity contribution is 6.37. The molecular formula is C11H15Cl2NO2. The van der Waals surface area contributed by atoms with E-state index >= 15 is 0 Å². The van der Waals surface area contributed by atoms with Crippen LogP contribution in [-0.4, -0.2) is 25.4 Å². The topological polar surface area (TPSA) is 41.5 Å². The molecule has 0 aliphatic carbocycles. The Labute approximate surface area is 105 Å². The molecule has 0 radical (unpaired) electrons. The molecule has 5 heteroatoms. The van der Waals surface area contributed by atoms with Gasteiger partial charge in [0, 0.05) is 19.3 Å². The second kappa shape index (κ2) is 6.18. The Morgan fingerprint density at radius 2 is 1.94 bits per heavy atom. The second-order valence-corrected chi connectivity index (χ2v) is 4.54. The number of phenolic OH excluding ortho intramolecular Hbond substituents is 1. The van der Waals surface area contributed by atoms with Gasteiger partial charge in [0.25, 0.3) is 0 Å². The summed E-state index contributed by atoms with van der Waals surface area (Å²) in [6, 6.07) is 3.28. The van der Waals surface area contributed by atoms with E-state index in [1.54, 1.807) is 19.2 Å². The fourth-order valence-corrected chi connectivity index (χ4v) is 1.79. The first-order valence-corrected chi connectivity index (χ1v) is 5.71. The number of nitrogens with one attached hydrogen (secondary N) is 1. The lowest BCUT2D eigenvalue weighted by Crippen LogP contribution is -2.15. The molecule has 0 aliphatic rings. The smallest absolute Gasteiger partial charge is 0.152 e. The van der Waals surface area contributed by atoms with Gasteiger partial charge in [0.1, 0.15) is 0 Å². The third kappa shape index (κ3) is 3.74. The number of aromatic hydroxyl groups is 1. The minimum absolute atomic E-state index is 0.0844. The van der Waals surface area contributed by atoms with Gasteiger partial charge in [0.2, 0.25) is 0 Å². The normalized spacial score (nSPS) is 12.5. The maximum atomic E-state index is 9.38. The molecular weight excluding hydrogens is 249 g/mol. The van der Waals surface area contributed by atoms with E-state index in [0.717, 1.165) is 12.2 Å². The van der Waals surface area contributed by atoms with Crippen LogP contribution in [0.2, 0.25) is 10.0 Å². The summed E-state index contributed by atoms with van der Waals surface area (Å²) in [5, 5.41) is 13.0. The van der Waals surface area contributed by atoms with Gasteiger partial charge in [0.15, 0.2) is 5.75 Å². The average Bonchev–Trinajstić information content (AvgIpc) is 2.23. The number of anilines is 1. The lowest BCUT2D eigenvalue weighted by molar-refractivity contribution is 0.164. The molecule has 1 aromatic rings. The van der Waals surface area contributed by atoms with Crippen molar-refractivity contribution in [3.05, 3.63) is 22.2 Å². The van der Waals surface area contributed by atoms with E-state index in [1.165, 1.54) is 0 Å². The Morgan fingerprint density at radius 3 is 2.44 bits per heavy atom. The van der Waals surface area contributed by atoms with E-state index in [4.69, 9.17) is 27.9 Å². The maximum Gasteiger partial charge on any atom is 0.152 e. The van der Waals surface area contributed by atoms with Gasteiger partial charge >= 0.3 is 0 Å². The molecule has 0 aromatic heterocycles. The summed E-state index contributed by atoms with van der Waals surface area (Å²) in [5.74, 6) is 0.301. The quantitative estimate of drug-likeness (QED) is 0.801. The van der Waals surface area contributed by atoms with Crippen LogP contribution in [0.25, 0.3) is 0 Å². The minimum atomic E-state index is -0.0844. The number of halogens is 2. The fourth-order valence-electron chi connectivity index (χ4n) is 1.30. The fraction of sp³-hybridized carbons (Fsp3) is 0.455. The maximum absolute atomic E-state index is 9.38. The molecule has 0 fully saturated rings. The van der Waals surface area contributed by atoms with Gasteiger partial charge in [0.05, 0.1) is 16.7 Å². The highest BCUT2D eigenvalue weighted by Gasteiger charge is 2.07. The van der Waals surface area contributed by atoms with E-state index in [1.807, 2.05) is 0 Å². The summed E-state index contributed by atoms with van der Waals surface area (Å²) in [6.45, 7) is 3.51. The van der Waals surface area contributed by atoms with Crippen LogP contribution in [0.4, 0.5) is 5.69 Å². The van der Waals surface area contributed by atoms with Gasteiger partial charge in [-0.2, -0.15) is 0 Å². The molecule has 3 nitrogen and oxygen atoms in total. The monoisotopic (exact) mass is 263 g/mol. The minimum Gasteiger partial charge on any atom is -0.505 e. The first-order chi connectivity index (χ1) is 7.54. The number of hydrogen-bond acceptors (Lipinski definition) is 3. The molecule has 1 unspecified atom stereocenters. The van der Waals surface area contributed by atoms with Crippen molar-refractivity contribution in [3.8, 4) is 5.75 Å². The SMILES string of the molecule is COCC(C)CNc1cc(Cl)c(O)c(Cl)c1. The first kappa shape index (κ1) is 13.4. The van der Waals surface area contributed by atoms with Crippen LogP contribution < -0.4 is 5.32 Å². The first-order valence-electron chi connectivity index (χ1n) is 4.95. The molecule has 16 heavy (non-hydrogen) atoms. The van der Waals surface area contributed by atoms with Crippen LogP contribution in [0.3, 0.4) is 0 Å². The van der Waals surface area contributed by atoms with E-state index < -0.39 is 0 Å². The Bertz CT molecular complexity index is 335. The molecule has 0 saturated carbocycles. The zero-order valence-corrected chi connectivity index (χ0v) is 10.8. The molecule has 0 bridgehead atoms.